The molecule has 0 bridgehead atoms. The van der Waals surface area contributed by atoms with Gasteiger partial charge in [0.15, 0.2) is 0 Å². The maximum atomic E-state index is 12.7. The molecule has 1 aliphatic rings. The van der Waals surface area contributed by atoms with Gasteiger partial charge in [-0.2, -0.15) is 0 Å². The summed E-state index contributed by atoms with van der Waals surface area (Å²) in [6.45, 7) is 4.83. The van der Waals surface area contributed by atoms with Crippen LogP contribution in [-0.4, -0.2) is 17.6 Å². The highest BCUT2D eigenvalue weighted by molar-refractivity contribution is 5.27. The largest absolute Gasteiger partial charge is 0.395 e. The fraction of sp³-hybridized carbons (Fsp3) is 0.750. The van der Waals surface area contributed by atoms with Crippen LogP contribution in [0.2, 0.25) is 0 Å². The number of rotatable bonds is 3. The number of alkyl halides is 2. The molecule has 1 N–H and O–H groups in total. The lowest BCUT2D eigenvalue weighted by atomic mass is 9.95. The van der Waals surface area contributed by atoms with Gasteiger partial charge in [0.1, 0.15) is 0 Å². The molecule has 1 rings (SSSR count). The molecule has 0 saturated heterocycles. The third kappa shape index (κ3) is 0.984. The fourth-order valence-corrected chi connectivity index (χ4v) is 1.34. The summed E-state index contributed by atoms with van der Waals surface area (Å²) in [5.41, 5.74) is -0.813. The van der Waals surface area contributed by atoms with Crippen molar-refractivity contribution in [3.63, 3.8) is 0 Å². The molecule has 1 aliphatic carbocycles. The first-order valence-electron chi connectivity index (χ1n) is 3.67. The van der Waals surface area contributed by atoms with E-state index < -0.39 is 17.9 Å². The highest BCUT2D eigenvalue weighted by atomic mass is 19.3. The summed E-state index contributed by atoms with van der Waals surface area (Å²) >= 11 is 0. The van der Waals surface area contributed by atoms with E-state index in [9.17, 15) is 8.78 Å². The first kappa shape index (κ1) is 8.65. The number of aliphatic hydroxyl groups is 1. The predicted octanol–water partition coefficient (Wildman–Crippen LogP) is 1.97. The van der Waals surface area contributed by atoms with Gasteiger partial charge in [0, 0.05) is 6.42 Å². The molecule has 0 aliphatic heterocycles. The van der Waals surface area contributed by atoms with Crippen molar-refractivity contribution in [2.45, 2.75) is 25.7 Å². The lowest BCUT2D eigenvalue weighted by Crippen LogP contribution is -2.17. The van der Waals surface area contributed by atoms with E-state index in [-0.39, 0.29) is 6.42 Å². The minimum atomic E-state index is -2.71. The minimum Gasteiger partial charge on any atom is -0.395 e. The Bertz CT molecular complexity index is 189. The summed E-state index contributed by atoms with van der Waals surface area (Å²) in [7, 11) is 0. The molecule has 0 aromatic heterocycles. The van der Waals surface area contributed by atoms with Gasteiger partial charge >= 0.3 is 0 Å². The van der Waals surface area contributed by atoms with Crippen LogP contribution in [0.15, 0.2) is 12.2 Å². The number of hydrogen-bond acceptors (Lipinski definition) is 1. The van der Waals surface area contributed by atoms with Crippen molar-refractivity contribution in [2.75, 3.05) is 6.61 Å². The quantitative estimate of drug-likeness (QED) is 0.629. The van der Waals surface area contributed by atoms with Crippen molar-refractivity contribution in [3.05, 3.63) is 12.2 Å². The summed E-state index contributed by atoms with van der Waals surface area (Å²) < 4.78 is 25.3. The van der Waals surface area contributed by atoms with E-state index in [2.05, 4.69) is 6.58 Å². The lowest BCUT2D eigenvalue weighted by molar-refractivity contribution is 0.0511. The summed E-state index contributed by atoms with van der Waals surface area (Å²) in [5, 5.41) is 8.75. The van der Waals surface area contributed by atoms with Gasteiger partial charge in [0.25, 0.3) is 5.92 Å². The Labute approximate surface area is 64.7 Å². The molecule has 0 spiro atoms. The molecule has 11 heavy (non-hydrogen) atoms. The van der Waals surface area contributed by atoms with Crippen LogP contribution < -0.4 is 0 Å². The van der Waals surface area contributed by atoms with Crippen molar-refractivity contribution >= 4 is 0 Å². The summed E-state index contributed by atoms with van der Waals surface area (Å²) in [5.74, 6) is -2.71. The van der Waals surface area contributed by atoms with Crippen LogP contribution in [0.3, 0.4) is 0 Å². The van der Waals surface area contributed by atoms with Crippen LogP contribution in [0.4, 0.5) is 8.78 Å². The highest BCUT2D eigenvalue weighted by Crippen LogP contribution is 2.64. The summed E-state index contributed by atoms with van der Waals surface area (Å²) in [4.78, 5) is 0. The molecular formula is C8H12F2O. The summed E-state index contributed by atoms with van der Waals surface area (Å²) in [6.07, 6.45) is 0.277. The molecule has 64 valence electrons. The van der Waals surface area contributed by atoms with Crippen molar-refractivity contribution < 1.29 is 13.9 Å². The van der Waals surface area contributed by atoms with Crippen molar-refractivity contribution in [1.29, 1.82) is 0 Å². The van der Waals surface area contributed by atoms with Gasteiger partial charge in [0.05, 0.1) is 12.0 Å². The van der Waals surface area contributed by atoms with Gasteiger partial charge in [-0.1, -0.05) is 19.1 Å². The fourth-order valence-electron chi connectivity index (χ4n) is 1.34. The predicted molar refractivity (Wildman–Crippen MR) is 38.5 cm³/mol. The maximum Gasteiger partial charge on any atom is 0.260 e. The molecule has 0 heterocycles. The van der Waals surface area contributed by atoms with Crippen LogP contribution in [0.25, 0.3) is 0 Å². The van der Waals surface area contributed by atoms with Crippen molar-refractivity contribution in [1.82, 2.24) is 0 Å². The first-order chi connectivity index (χ1) is 5.00. The van der Waals surface area contributed by atoms with Gasteiger partial charge in [0.2, 0.25) is 0 Å². The Morgan fingerprint density at radius 2 is 2.09 bits per heavy atom. The second kappa shape index (κ2) is 2.27. The van der Waals surface area contributed by atoms with Gasteiger partial charge in [-0.05, 0) is 6.42 Å². The Morgan fingerprint density at radius 1 is 1.64 bits per heavy atom. The Morgan fingerprint density at radius 3 is 2.18 bits per heavy atom. The van der Waals surface area contributed by atoms with Crippen LogP contribution in [-0.2, 0) is 0 Å². The van der Waals surface area contributed by atoms with E-state index in [0.717, 1.165) is 0 Å². The standard InChI is InChI=1S/C8H12F2O/c1-3-6(2)7(5-11)4-8(7,9)10/h11H,2-5H2,1H3. The maximum absolute atomic E-state index is 12.7. The van der Waals surface area contributed by atoms with E-state index in [1.165, 1.54) is 0 Å². The SMILES string of the molecule is C=C(CC)C1(CO)CC1(F)F. The van der Waals surface area contributed by atoms with Gasteiger partial charge in [-0.25, -0.2) is 8.78 Å². The van der Waals surface area contributed by atoms with Crippen LogP contribution in [0, 0.1) is 5.41 Å². The molecule has 0 amide bonds. The van der Waals surface area contributed by atoms with Crippen LogP contribution in [0.1, 0.15) is 19.8 Å². The second-order valence-corrected chi connectivity index (χ2v) is 3.08. The third-order valence-electron chi connectivity index (χ3n) is 2.47. The number of aliphatic hydroxyl groups excluding tert-OH is 1. The molecule has 1 fully saturated rings. The molecule has 1 unspecified atom stereocenters. The Kier molecular flexibility index (Phi) is 1.79. The highest BCUT2D eigenvalue weighted by Gasteiger charge is 2.71. The zero-order valence-electron chi connectivity index (χ0n) is 6.53. The lowest BCUT2D eigenvalue weighted by Gasteiger charge is -2.14. The average Bonchev–Trinajstić information content (AvgIpc) is 2.53. The number of hydrogen-bond donors (Lipinski definition) is 1. The smallest absolute Gasteiger partial charge is 0.260 e. The van der Waals surface area contributed by atoms with E-state index in [1.807, 2.05) is 0 Å². The molecule has 0 aromatic carbocycles. The van der Waals surface area contributed by atoms with E-state index in [4.69, 9.17) is 5.11 Å². The molecule has 0 radical (unpaired) electrons. The molecule has 0 aromatic rings. The van der Waals surface area contributed by atoms with E-state index in [0.29, 0.717) is 12.0 Å². The molecule has 1 nitrogen and oxygen atoms in total. The zero-order valence-corrected chi connectivity index (χ0v) is 6.53. The van der Waals surface area contributed by atoms with E-state index >= 15 is 0 Å². The van der Waals surface area contributed by atoms with Crippen molar-refractivity contribution in [3.8, 4) is 0 Å². The topological polar surface area (TPSA) is 20.2 Å². The Hall–Kier alpha value is -0.440. The van der Waals surface area contributed by atoms with E-state index in [1.54, 1.807) is 6.92 Å². The summed E-state index contributed by atoms with van der Waals surface area (Å²) in [6, 6.07) is 0. The number of halogens is 2. The molecular weight excluding hydrogens is 150 g/mol. The Balaban J connectivity index is 2.75. The monoisotopic (exact) mass is 162 g/mol. The zero-order chi connectivity index (χ0) is 8.70. The van der Waals surface area contributed by atoms with Crippen LogP contribution in [0.5, 0.6) is 0 Å². The second-order valence-electron chi connectivity index (χ2n) is 3.08. The van der Waals surface area contributed by atoms with Crippen LogP contribution >= 0.6 is 0 Å². The molecule has 1 atom stereocenters. The third-order valence-corrected chi connectivity index (χ3v) is 2.47. The van der Waals surface area contributed by atoms with Gasteiger partial charge < -0.3 is 5.11 Å². The molecule has 1 saturated carbocycles. The van der Waals surface area contributed by atoms with Gasteiger partial charge in [-0.15, -0.1) is 0 Å². The normalized spacial score (nSPS) is 33.5. The first-order valence-corrected chi connectivity index (χ1v) is 3.67. The minimum absolute atomic E-state index is 0.233. The van der Waals surface area contributed by atoms with Gasteiger partial charge in [-0.3, -0.25) is 0 Å². The average molecular weight is 162 g/mol. The molecule has 3 heteroatoms. The van der Waals surface area contributed by atoms with Crippen molar-refractivity contribution in [2.24, 2.45) is 5.41 Å².